The molecule has 0 bridgehead atoms. The van der Waals surface area contributed by atoms with E-state index < -0.39 is 0 Å². The fourth-order valence-corrected chi connectivity index (χ4v) is 1.72. The van der Waals surface area contributed by atoms with Crippen LogP contribution in [0.5, 0.6) is 0 Å². The van der Waals surface area contributed by atoms with E-state index in [1.807, 2.05) is 0 Å². The summed E-state index contributed by atoms with van der Waals surface area (Å²) in [4.78, 5) is 4.53. The molecule has 1 heterocycles. The van der Waals surface area contributed by atoms with Gasteiger partial charge in [0, 0.05) is 26.2 Å². The predicted octanol–water partition coefficient (Wildman–Crippen LogP) is -0.613. The molecule has 0 amide bonds. The summed E-state index contributed by atoms with van der Waals surface area (Å²) in [6.07, 6.45) is 0. The molecule has 1 rings (SSSR count). The Labute approximate surface area is 96.6 Å². The van der Waals surface area contributed by atoms with Gasteiger partial charge in [-0.25, -0.2) is 0 Å². The van der Waals surface area contributed by atoms with E-state index in [-0.39, 0.29) is 5.84 Å². The molecule has 0 radical (unpaired) electrons. The van der Waals surface area contributed by atoms with Crippen molar-refractivity contribution in [1.29, 1.82) is 0 Å². The second-order valence-electron chi connectivity index (χ2n) is 3.91. The molecule has 0 unspecified atom stereocenters. The minimum absolute atomic E-state index is 0.267. The molecule has 0 aromatic rings. The number of ether oxygens (including phenoxy) is 1. The highest BCUT2D eigenvalue weighted by Crippen LogP contribution is 1.97. The summed E-state index contributed by atoms with van der Waals surface area (Å²) in [5.74, 6) is 0.267. The molecule has 3 N–H and O–H groups in total. The van der Waals surface area contributed by atoms with Gasteiger partial charge in [-0.3, -0.25) is 9.80 Å². The van der Waals surface area contributed by atoms with E-state index >= 15 is 0 Å². The van der Waals surface area contributed by atoms with E-state index in [1.165, 1.54) is 0 Å². The molecule has 0 spiro atoms. The molecule has 0 atom stereocenters. The van der Waals surface area contributed by atoms with Crippen molar-refractivity contribution in [2.24, 2.45) is 10.9 Å². The second kappa shape index (κ2) is 7.43. The SMILES string of the molecule is CCN(CCN1CCOCC1)CC(N)=NO. The maximum absolute atomic E-state index is 8.51. The van der Waals surface area contributed by atoms with Crippen molar-refractivity contribution in [3.05, 3.63) is 0 Å². The number of morpholine rings is 1. The van der Waals surface area contributed by atoms with Gasteiger partial charge in [0.15, 0.2) is 5.84 Å². The molecular weight excluding hydrogens is 208 g/mol. The Morgan fingerprint density at radius 3 is 2.75 bits per heavy atom. The van der Waals surface area contributed by atoms with Gasteiger partial charge in [-0.2, -0.15) is 0 Å². The van der Waals surface area contributed by atoms with Crippen molar-refractivity contribution < 1.29 is 9.94 Å². The van der Waals surface area contributed by atoms with Gasteiger partial charge < -0.3 is 15.7 Å². The molecule has 0 aromatic carbocycles. The Bertz CT molecular complexity index is 217. The summed E-state index contributed by atoms with van der Waals surface area (Å²) >= 11 is 0. The third-order valence-corrected chi connectivity index (χ3v) is 2.80. The molecule has 6 heteroatoms. The van der Waals surface area contributed by atoms with Gasteiger partial charge in [-0.15, -0.1) is 0 Å². The van der Waals surface area contributed by atoms with E-state index in [1.54, 1.807) is 0 Å². The summed E-state index contributed by atoms with van der Waals surface area (Å²) in [5, 5.41) is 11.5. The van der Waals surface area contributed by atoms with Crippen molar-refractivity contribution >= 4 is 5.84 Å². The Balaban J connectivity index is 2.22. The lowest BCUT2D eigenvalue weighted by molar-refractivity contribution is 0.0342. The highest BCUT2D eigenvalue weighted by atomic mass is 16.5. The first kappa shape index (κ1) is 13.2. The molecule has 1 fully saturated rings. The van der Waals surface area contributed by atoms with Crippen LogP contribution in [0.15, 0.2) is 5.16 Å². The summed E-state index contributed by atoms with van der Waals surface area (Å²) in [6, 6.07) is 0. The van der Waals surface area contributed by atoms with Crippen LogP contribution in [0.25, 0.3) is 0 Å². The molecular formula is C10H22N4O2. The zero-order valence-electron chi connectivity index (χ0n) is 9.93. The highest BCUT2D eigenvalue weighted by Gasteiger charge is 2.12. The van der Waals surface area contributed by atoms with Crippen LogP contribution >= 0.6 is 0 Å². The largest absolute Gasteiger partial charge is 0.409 e. The molecule has 94 valence electrons. The van der Waals surface area contributed by atoms with Crippen LogP contribution in [0, 0.1) is 0 Å². The molecule has 0 aliphatic carbocycles. The lowest BCUT2D eigenvalue weighted by atomic mass is 10.3. The number of nitrogens with two attached hydrogens (primary N) is 1. The van der Waals surface area contributed by atoms with E-state index in [2.05, 4.69) is 21.9 Å². The third-order valence-electron chi connectivity index (χ3n) is 2.80. The normalized spacial score (nSPS) is 19.2. The number of oxime groups is 1. The smallest absolute Gasteiger partial charge is 0.153 e. The summed E-state index contributed by atoms with van der Waals surface area (Å²) < 4.78 is 5.29. The topological polar surface area (TPSA) is 74.3 Å². The van der Waals surface area contributed by atoms with Crippen molar-refractivity contribution in [2.45, 2.75) is 6.92 Å². The number of hydrogen-bond acceptors (Lipinski definition) is 5. The van der Waals surface area contributed by atoms with Crippen LogP contribution in [0.3, 0.4) is 0 Å². The van der Waals surface area contributed by atoms with Crippen LogP contribution in [0.1, 0.15) is 6.92 Å². The minimum Gasteiger partial charge on any atom is -0.409 e. The van der Waals surface area contributed by atoms with Gasteiger partial charge in [0.2, 0.25) is 0 Å². The van der Waals surface area contributed by atoms with E-state index in [4.69, 9.17) is 15.7 Å². The minimum atomic E-state index is 0.267. The number of amidine groups is 1. The quantitative estimate of drug-likeness (QED) is 0.275. The Morgan fingerprint density at radius 1 is 1.50 bits per heavy atom. The van der Waals surface area contributed by atoms with Gasteiger partial charge in [-0.1, -0.05) is 12.1 Å². The van der Waals surface area contributed by atoms with Gasteiger partial charge in [-0.05, 0) is 6.54 Å². The maximum Gasteiger partial charge on any atom is 0.153 e. The lowest BCUT2D eigenvalue weighted by Crippen LogP contribution is -2.43. The first-order chi connectivity index (χ1) is 7.76. The first-order valence-corrected chi connectivity index (χ1v) is 5.75. The Kier molecular flexibility index (Phi) is 6.14. The molecule has 1 aliphatic heterocycles. The summed E-state index contributed by atoms with van der Waals surface area (Å²) in [7, 11) is 0. The molecule has 0 aromatic heterocycles. The number of likely N-dealkylation sites (N-methyl/N-ethyl adjacent to an activating group) is 1. The van der Waals surface area contributed by atoms with Crippen molar-refractivity contribution in [3.63, 3.8) is 0 Å². The second-order valence-corrected chi connectivity index (χ2v) is 3.91. The first-order valence-electron chi connectivity index (χ1n) is 5.75. The number of rotatable bonds is 6. The van der Waals surface area contributed by atoms with Gasteiger partial charge in [0.1, 0.15) is 0 Å². The van der Waals surface area contributed by atoms with Gasteiger partial charge >= 0.3 is 0 Å². The van der Waals surface area contributed by atoms with Crippen molar-refractivity contribution in [2.75, 3.05) is 52.5 Å². The van der Waals surface area contributed by atoms with E-state index in [0.29, 0.717) is 6.54 Å². The fraction of sp³-hybridized carbons (Fsp3) is 0.900. The van der Waals surface area contributed by atoms with Crippen molar-refractivity contribution in [3.8, 4) is 0 Å². The Hall–Kier alpha value is -0.850. The Morgan fingerprint density at radius 2 is 2.19 bits per heavy atom. The zero-order chi connectivity index (χ0) is 11.8. The molecule has 16 heavy (non-hydrogen) atoms. The number of hydrogen-bond donors (Lipinski definition) is 2. The standard InChI is InChI=1S/C10H22N4O2/c1-2-13(9-10(11)12-15)3-4-14-5-7-16-8-6-14/h15H,2-9H2,1H3,(H2,11,12). The van der Waals surface area contributed by atoms with Crippen molar-refractivity contribution in [1.82, 2.24) is 9.80 Å². The zero-order valence-corrected chi connectivity index (χ0v) is 9.93. The highest BCUT2D eigenvalue weighted by molar-refractivity contribution is 5.81. The molecule has 0 saturated carbocycles. The van der Waals surface area contributed by atoms with Crippen LogP contribution in [0.2, 0.25) is 0 Å². The van der Waals surface area contributed by atoms with E-state index in [0.717, 1.165) is 45.9 Å². The molecule has 1 saturated heterocycles. The fourth-order valence-electron chi connectivity index (χ4n) is 1.72. The average molecular weight is 230 g/mol. The van der Waals surface area contributed by atoms with Crippen LogP contribution < -0.4 is 5.73 Å². The predicted molar refractivity (Wildman–Crippen MR) is 62.8 cm³/mol. The summed E-state index contributed by atoms with van der Waals surface area (Å²) in [5.41, 5.74) is 5.48. The maximum atomic E-state index is 8.51. The average Bonchev–Trinajstić information content (AvgIpc) is 2.35. The number of nitrogens with zero attached hydrogens (tertiary/aromatic N) is 3. The third kappa shape index (κ3) is 4.78. The molecule has 1 aliphatic rings. The van der Waals surface area contributed by atoms with Gasteiger partial charge in [0.05, 0.1) is 19.8 Å². The van der Waals surface area contributed by atoms with Crippen LogP contribution in [-0.4, -0.2) is 73.3 Å². The van der Waals surface area contributed by atoms with Crippen LogP contribution in [-0.2, 0) is 4.74 Å². The monoisotopic (exact) mass is 230 g/mol. The van der Waals surface area contributed by atoms with Gasteiger partial charge in [0.25, 0.3) is 0 Å². The lowest BCUT2D eigenvalue weighted by Gasteiger charge is -2.29. The molecule has 6 nitrogen and oxygen atoms in total. The van der Waals surface area contributed by atoms with E-state index in [9.17, 15) is 0 Å². The summed E-state index contributed by atoms with van der Waals surface area (Å²) in [6.45, 7) is 9.10. The van der Waals surface area contributed by atoms with Crippen LogP contribution in [0.4, 0.5) is 0 Å².